The highest BCUT2D eigenvalue weighted by molar-refractivity contribution is 6.77. The minimum absolute atomic E-state index is 0.368. The van der Waals surface area contributed by atoms with Gasteiger partial charge >= 0.3 is 0 Å². The first-order chi connectivity index (χ1) is 10.9. The largest absolute Gasteiger partial charge is 0.358 e. The van der Waals surface area contributed by atoms with E-state index in [0.29, 0.717) is 5.69 Å². The van der Waals surface area contributed by atoms with E-state index in [2.05, 4.69) is 11.9 Å². The third-order valence-electron chi connectivity index (χ3n) is 4.06. The fraction of sp³-hybridized carbons (Fsp3) is 0.722. The molecule has 1 aromatic rings. The first kappa shape index (κ1) is 20.9. The van der Waals surface area contributed by atoms with E-state index in [1.807, 2.05) is 6.20 Å². The fourth-order valence-electron chi connectivity index (χ4n) is 2.68. The van der Waals surface area contributed by atoms with E-state index in [0.717, 1.165) is 18.4 Å². The second kappa shape index (κ2) is 11.4. The minimum atomic E-state index is -1.89. The molecule has 0 amide bonds. The summed E-state index contributed by atoms with van der Waals surface area (Å²) >= 11 is 16.8. The number of carbonyl (C=O) groups excluding carboxylic acids is 1. The molecule has 0 aliphatic rings. The van der Waals surface area contributed by atoms with Gasteiger partial charge in [-0.3, -0.25) is 4.79 Å². The number of unbranched alkanes of at least 4 members (excludes halogenated alkanes) is 9. The highest BCUT2D eigenvalue weighted by Gasteiger charge is 2.32. The second-order valence-electron chi connectivity index (χ2n) is 6.18. The summed E-state index contributed by atoms with van der Waals surface area (Å²) in [6.45, 7) is 2.25. The van der Waals surface area contributed by atoms with Gasteiger partial charge in [-0.05, 0) is 24.5 Å². The van der Waals surface area contributed by atoms with Crippen molar-refractivity contribution >= 4 is 40.6 Å². The molecule has 0 unspecified atom stereocenters. The summed E-state index contributed by atoms with van der Waals surface area (Å²) in [6, 6.07) is 1.79. The molecule has 23 heavy (non-hydrogen) atoms. The first-order valence-corrected chi connectivity index (χ1v) is 9.87. The Hall–Kier alpha value is -0.180. The van der Waals surface area contributed by atoms with E-state index in [1.165, 1.54) is 57.8 Å². The van der Waals surface area contributed by atoms with Gasteiger partial charge < -0.3 is 4.98 Å². The predicted molar refractivity (Wildman–Crippen MR) is 101 cm³/mol. The third-order valence-corrected chi connectivity index (χ3v) is 4.58. The van der Waals surface area contributed by atoms with E-state index in [-0.39, 0.29) is 0 Å². The maximum absolute atomic E-state index is 11.8. The molecule has 0 aliphatic heterocycles. The van der Waals surface area contributed by atoms with Crippen LogP contribution in [-0.4, -0.2) is 14.6 Å². The number of hydrogen-bond donors (Lipinski definition) is 1. The third kappa shape index (κ3) is 9.02. The van der Waals surface area contributed by atoms with Gasteiger partial charge in [0.2, 0.25) is 5.78 Å². The van der Waals surface area contributed by atoms with Crippen LogP contribution in [0.1, 0.15) is 87.2 Å². The molecule has 1 rings (SSSR count). The molecule has 0 radical (unpaired) electrons. The van der Waals surface area contributed by atoms with Gasteiger partial charge in [0.25, 0.3) is 3.79 Å². The molecule has 1 N–H and O–H groups in total. The molecule has 0 bridgehead atoms. The van der Waals surface area contributed by atoms with Crippen LogP contribution >= 0.6 is 34.8 Å². The Morgan fingerprint density at radius 3 is 2.00 bits per heavy atom. The van der Waals surface area contributed by atoms with Gasteiger partial charge in [0.05, 0.1) is 5.69 Å². The summed E-state index contributed by atoms with van der Waals surface area (Å²) in [4.78, 5) is 14.7. The Bertz CT molecular complexity index is 451. The molecule has 0 saturated heterocycles. The van der Waals surface area contributed by atoms with Gasteiger partial charge in [0, 0.05) is 6.20 Å². The van der Waals surface area contributed by atoms with Crippen molar-refractivity contribution in [1.29, 1.82) is 0 Å². The number of hydrogen-bond acceptors (Lipinski definition) is 1. The Morgan fingerprint density at radius 1 is 0.957 bits per heavy atom. The van der Waals surface area contributed by atoms with Crippen LogP contribution in [-0.2, 0) is 6.42 Å². The second-order valence-corrected chi connectivity index (χ2v) is 8.46. The van der Waals surface area contributed by atoms with E-state index in [4.69, 9.17) is 34.8 Å². The van der Waals surface area contributed by atoms with E-state index in [1.54, 1.807) is 6.07 Å². The molecule has 2 nitrogen and oxygen atoms in total. The molecule has 0 spiro atoms. The van der Waals surface area contributed by atoms with Crippen molar-refractivity contribution in [1.82, 2.24) is 4.98 Å². The molecule has 5 heteroatoms. The van der Waals surface area contributed by atoms with Crippen LogP contribution in [0.5, 0.6) is 0 Å². The molecule has 0 saturated carbocycles. The number of carbonyl (C=O) groups is 1. The molecule has 0 fully saturated rings. The van der Waals surface area contributed by atoms with Crippen LogP contribution < -0.4 is 0 Å². The van der Waals surface area contributed by atoms with Gasteiger partial charge in [-0.25, -0.2) is 0 Å². The van der Waals surface area contributed by atoms with Crippen molar-refractivity contribution < 1.29 is 4.79 Å². The Morgan fingerprint density at radius 2 is 1.48 bits per heavy atom. The molecule has 0 atom stereocenters. The van der Waals surface area contributed by atoms with Crippen molar-refractivity contribution in [3.8, 4) is 0 Å². The molecule has 0 aromatic carbocycles. The van der Waals surface area contributed by atoms with E-state index in [9.17, 15) is 4.79 Å². The summed E-state index contributed by atoms with van der Waals surface area (Å²) in [6.07, 6.45) is 16.0. The summed E-state index contributed by atoms with van der Waals surface area (Å²) in [5, 5.41) is 0. The lowest BCUT2D eigenvalue weighted by Gasteiger charge is -2.06. The number of Topliss-reactive ketones (excluding diaryl/α,β-unsaturated/α-hetero) is 1. The lowest BCUT2D eigenvalue weighted by molar-refractivity contribution is 0.0992. The molecule has 0 aliphatic carbocycles. The summed E-state index contributed by atoms with van der Waals surface area (Å²) in [5.41, 5.74) is 1.47. The number of H-pyrrole nitrogens is 1. The highest BCUT2D eigenvalue weighted by Crippen LogP contribution is 2.30. The topological polar surface area (TPSA) is 32.9 Å². The van der Waals surface area contributed by atoms with Crippen molar-refractivity contribution in [3.05, 3.63) is 23.5 Å². The SMILES string of the molecule is CCCCCCCCCCCCc1c[nH]c(C(=O)C(Cl)(Cl)Cl)c1. The van der Waals surface area contributed by atoms with Crippen LogP contribution in [0.15, 0.2) is 12.3 Å². The average Bonchev–Trinajstić information content (AvgIpc) is 2.96. The molecule has 132 valence electrons. The number of aromatic nitrogens is 1. The van der Waals surface area contributed by atoms with Crippen LogP contribution in [0.25, 0.3) is 0 Å². The Balaban J connectivity index is 2.08. The van der Waals surface area contributed by atoms with Crippen LogP contribution in [0, 0.1) is 0 Å². The zero-order valence-electron chi connectivity index (χ0n) is 14.0. The molecular formula is C18H28Cl3NO. The summed E-state index contributed by atoms with van der Waals surface area (Å²) in [7, 11) is 0. The van der Waals surface area contributed by atoms with Crippen molar-refractivity contribution in [2.45, 2.75) is 81.3 Å². The van der Waals surface area contributed by atoms with Crippen molar-refractivity contribution in [3.63, 3.8) is 0 Å². The minimum Gasteiger partial charge on any atom is -0.358 e. The number of nitrogens with one attached hydrogen (secondary N) is 1. The number of alkyl halides is 3. The van der Waals surface area contributed by atoms with E-state index >= 15 is 0 Å². The van der Waals surface area contributed by atoms with Gasteiger partial charge in [0.15, 0.2) is 0 Å². The first-order valence-electron chi connectivity index (χ1n) is 8.74. The zero-order valence-corrected chi connectivity index (χ0v) is 16.2. The number of ketones is 1. The number of aromatic amines is 1. The van der Waals surface area contributed by atoms with Gasteiger partial charge in [0.1, 0.15) is 0 Å². The maximum Gasteiger partial charge on any atom is 0.254 e. The smallest absolute Gasteiger partial charge is 0.254 e. The number of halogens is 3. The molecule has 1 heterocycles. The average molecular weight is 381 g/mol. The van der Waals surface area contributed by atoms with Gasteiger partial charge in [-0.15, -0.1) is 0 Å². The lowest BCUT2D eigenvalue weighted by Crippen LogP contribution is -2.19. The fourth-order valence-corrected chi connectivity index (χ4v) is 2.99. The van der Waals surface area contributed by atoms with Crippen molar-refractivity contribution in [2.75, 3.05) is 0 Å². The Kier molecular flexibility index (Phi) is 10.3. The Labute approximate surface area is 155 Å². The standard InChI is InChI=1S/C18H28Cl3NO/c1-2-3-4-5-6-7-8-9-10-11-12-15-13-16(22-14-15)17(23)18(19,20)21/h13-14,22H,2-12H2,1H3. The maximum atomic E-state index is 11.8. The van der Waals surface area contributed by atoms with Crippen LogP contribution in [0.4, 0.5) is 0 Å². The van der Waals surface area contributed by atoms with Crippen LogP contribution in [0.3, 0.4) is 0 Å². The molecular weight excluding hydrogens is 353 g/mol. The number of rotatable bonds is 12. The summed E-state index contributed by atoms with van der Waals surface area (Å²) < 4.78 is -1.89. The quantitative estimate of drug-likeness (QED) is 0.235. The zero-order chi connectivity index (χ0) is 17.1. The van der Waals surface area contributed by atoms with Crippen LogP contribution in [0.2, 0.25) is 0 Å². The van der Waals surface area contributed by atoms with Crippen molar-refractivity contribution in [2.24, 2.45) is 0 Å². The normalized spacial score (nSPS) is 11.8. The summed E-state index contributed by atoms with van der Waals surface area (Å²) in [5.74, 6) is -0.503. The monoisotopic (exact) mass is 379 g/mol. The molecule has 1 aromatic heterocycles. The van der Waals surface area contributed by atoms with Gasteiger partial charge in [-0.2, -0.15) is 0 Å². The number of aryl methyl sites for hydroxylation is 1. The van der Waals surface area contributed by atoms with Gasteiger partial charge in [-0.1, -0.05) is 99.5 Å². The predicted octanol–water partition coefficient (Wildman–Crippen LogP) is 7.03. The lowest BCUT2D eigenvalue weighted by atomic mass is 10.0. The highest BCUT2D eigenvalue weighted by atomic mass is 35.6. The van der Waals surface area contributed by atoms with E-state index < -0.39 is 9.58 Å².